The van der Waals surface area contributed by atoms with Crippen molar-refractivity contribution in [3.8, 4) is 11.3 Å². The predicted molar refractivity (Wildman–Crippen MR) is 147 cm³/mol. The van der Waals surface area contributed by atoms with Crippen molar-refractivity contribution in [2.75, 3.05) is 45.5 Å². The first-order valence-electron chi connectivity index (χ1n) is 12.5. The highest BCUT2D eigenvalue weighted by atomic mass is 35.5. The lowest BCUT2D eigenvalue weighted by atomic mass is 10.1. The predicted octanol–water partition coefficient (Wildman–Crippen LogP) is 3.29. The van der Waals surface area contributed by atoms with Crippen LogP contribution in [-0.2, 0) is 19.0 Å². The molecular formula is C27H34ClN5O6. The number of halogens is 1. The van der Waals surface area contributed by atoms with Crippen LogP contribution in [0, 0.1) is 6.92 Å². The molecule has 0 unspecified atom stereocenters. The Kier molecular flexibility index (Phi) is 11.7. The number of nitrogens with one attached hydrogen (secondary N) is 3. The van der Waals surface area contributed by atoms with Gasteiger partial charge in [0.2, 0.25) is 5.95 Å². The molecule has 39 heavy (non-hydrogen) atoms. The van der Waals surface area contributed by atoms with Crippen molar-refractivity contribution in [2.45, 2.75) is 32.4 Å². The third kappa shape index (κ3) is 9.03. The van der Waals surface area contributed by atoms with Crippen LogP contribution in [0.5, 0.6) is 0 Å². The van der Waals surface area contributed by atoms with Crippen molar-refractivity contribution in [1.82, 2.24) is 20.3 Å². The summed E-state index contributed by atoms with van der Waals surface area (Å²) in [5.41, 5.74) is 3.14. The molecule has 0 saturated carbocycles. The van der Waals surface area contributed by atoms with E-state index in [4.69, 9.17) is 25.8 Å². The van der Waals surface area contributed by atoms with Gasteiger partial charge in [-0.1, -0.05) is 30.7 Å². The number of carbonyl (C=O) groups excluding carboxylic acids is 2. The Morgan fingerprint density at radius 3 is 2.77 bits per heavy atom. The summed E-state index contributed by atoms with van der Waals surface area (Å²) in [5.74, 6) is -0.485. The lowest BCUT2D eigenvalue weighted by Gasteiger charge is -2.17. The Morgan fingerprint density at radius 1 is 1.23 bits per heavy atom. The first kappa shape index (κ1) is 30.0. The molecule has 0 aliphatic rings. The number of methoxy groups -OCH3 is 1. The topological polar surface area (TPSA) is 148 Å². The second-order valence-corrected chi connectivity index (χ2v) is 9.21. The molecule has 0 saturated heterocycles. The van der Waals surface area contributed by atoms with E-state index in [1.54, 1.807) is 49.8 Å². The molecule has 4 N–H and O–H groups in total. The maximum atomic E-state index is 12.9. The fourth-order valence-electron chi connectivity index (χ4n) is 3.64. The van der Waals surface area contributed by atoms with Crippen LogP contribution >= 0.6 is 11.6 Å². The van der Waals surface area contributed by atoms with E-state index < -0.39 is 12.0 Å². The van der Waals surface area contributed by atoms with Crippen molar-refractivity contribution < 1.29 is 28.9 Å². The van der Waals surface area contributed by atoms with Crippen LogP contribution in [0.2, 0.25) is 5.02 Å². The Morgan fingerprint density at radius 2 is 2.05 bits per heavy atom. The van der Waals surface area contributed by atoms with Gasteiger partial charge in [-0.2, -0.15) is 0 Å². The van der Waals surface area contributed by atoms with Gasteiger partial charge in [0.25, 0.3) is 5.91 Å². The molecule has 3 rings (SSSR count). The molecule has 1 aromatic carbocycles. The van der Waals surface area contributed by atoms with E-state index in [-0.39, 0.29) is 31.8 Å². The van der Waals surface area contributed by atoms with Crippen LogP contribution in [0.1, 0.15) is 41.0 Å². The van der Waals surface area contributed by atoms with Gasteiger partial charge < -0.3 is 34.9 Å². The number of hydrogen-bond donors (Lipinski definition) is 4. The molecule has 11 nitrogen and oxygen atoms in total. The van der Waals surface area contributed by atoms with Crippen LogP contribution in [0.3, 0.4) is 0 Å². The average Bonchev–Trinajstić information content (AvgIpc) is 3.43. The standard InChI is InChI=1S/C27H34ClN5O6/c1-4-21(15-39-24(35)16-38-9-8-37-3)31-27-30-12-17(2)25(33-27)19-11-22(29-13-19)26(36)32-23(14-34)18-6-5-7-20(28)10-18/h5-7,10-13,21,23,29,34H,4,8-9,14-16H2,1-3H3,(H,32,36)(H,30,31,33)/t21-,23-/m1/s1. The highest BCUT2D eigenvalue weighted by Gasteiger charge is 2.19. The van der Waals surface area contributed by atoms with E-state index in [0.717, 1.165) is 5.56 Å². The molecule has 0 radical (unpaired) electrons. The van der Waals surface area contributed by atoms with E-state index in [1.165, 1.54) is 0 Å². The summed E-state index contributed by atoms with van der Waals surface area (Å²) in [6.45, 7) is 4.24. The van der Waals surface area contributed by atoms with Gasteiger partial charge in [0.15, 0.2) is 0 Å². The number of hydrogen-bond acceptors (Lipinski definition) is 9. The Hall–Kier alpha value is -3.51. The number of aromatic nitrogens is 3. The van der Waals surface area contributed by atoms with Crippen LogP contribution < -0.4 is 10.6 Å². The van der Waals surface area contributed by atoms with Gasteiger partial charge in [0.05, 0.1) is 37.6 Å². The number of H-pyrrole nitrogens is 1. The molecular weight excluding hydrogens is 526 g/mol. The number of amides is 1. The SMILES string of the molecule is CC[C@H](COC(=O)COCCOC)Nc1ncc(C)c(-c2c[nH]c(C(=O)N[C@H](CO)c3cccc(Cl)c3)c2)n1. The number of esters is 1. The summed E-state index contributed by atoms with van der Waals surface area (Å²) in [7, 11) is 1.56. The number of rotatable bonds is 15. The summed E-state index contributed by atoms with van der Waals surface area (Å²) >= 11 is 6.05. The molecule has 1 amide bonds. The van der Waals surface area contributed by atoms with E-state index in [0.29, 0.717) is 53.1 Å². The maximum absolute atomic E-state index is 12.9. The number of anilines is 1. The number of carbonyl (C=O) groups is 2. The van der Waals surface area contributed by atoms with Crippen LogP contribution in [0.25, 0.3) is 11.3 Å². The maximum Gasteiger partial charge on any atom is 0.332 e. The zero-order chi connectivity index (χ0) is 28.2. The van der Waals surface area contributed by atoms with Crippen LogP contribution in [0.15, 0.2) is 42.7 Å². The summed E-state index contributed by atoms with van der Waals surface area (Å²) in [4.78, 5) is 36.7. The number of aliphatic hydroxyl groups is 1. The van der Waals surface area contributed by atoms with Gasteiger partial charge in [-0.3, -0.25) is 4.79 Å². The number of ether oxygens (including phenoxy) is 3. The zero-order valence-corrected chi connectivity index (χ0v) is 23.0. The smallest absolute Gasteiger partial charge is 0.332 e. The highest BCUT2D eigenvalue weighted by molar-refractivity contribution is 6.30. The van der Waals surface area contributed by atoms with Gasteiger partial charge in [0.1, 0.15) is 18.9 Å². The fraction of sp³-hybridized carbons (Fsp3) is 0.407. The summed E-state index contributed by atoms with van der Waals surface area (Å²) < 4.78 is 15.3. The van der Waals surface area contributed by atoms with Gasteiger partial charge in [0, 0.05) is 30.1 Å². The van der Waals surface area contributed by atoms with Gasteiger partial charge in [-0.05, 0) is 42.7 Å². The highest BCUT2D eigenvalue weighted by Crippen LogP contribution is 2.24. The number of aryl methyl sites for hydroxylation is 1. The Balaban J connectivity index is 1.63. The van der Waals surface area contributed by atoms with E-state index in [9.17, 15) is 14.7 Å². The van der Waals surface area contributed by atoms with Gasteiger partial charge in [-0.15, -0.1) is 0 Å². The molecule has 0 fully saturated rings. The minimum atomic E-state index is -0.614. The average molecular weight is 560 g/mol. The second kappa shape index (κ2) is 15.2. The Bertz CT molecular complexity index is 1240. The molecule has 2 atom stereocenters. The van der Waals surface area contributed by atoms with Crippen LogP contribution in [0.4, 0.5) is 5.95 Å². The number of benzene rings is 1. The number of nitrogens with zero attached hydrogens (tertiary/aromatic N) is 2. The number of aliphatic hydroxyl groups excluding tert-OH is 1. The van der Waals surface area contributed by atoms with Crippen molar-refractivity contribution in [1.29, 1.82) is 0 Å². The molecule has 0 spiro atoms. The van der Waals surface area contributed by atoms with Gasteiger partial charge in [-0.25, -0.2) is 14.8 Å². The van der Waals surface area contributed by atoms with Crippen molar-refractivity contribution >= 4 is 29.4 Å². The molecule has 0 aliphatic heterocycles. The van der Waals surface area contributed by atoms with E-state index in [1.807, 2.05) is 13.8 Å². The molecule has 0 bridgehead atoms. The third-order valence-electron chi connectivity index (χ3n) is 5.83. The van der Waals surface area contributed by atoms with Crippen molar-refractivity contribution in [3.63, 3.8) is 0 Å². The minimum Gasteiger partial charge on any atom is -0.462 e. The molecule has 2 heterocycles. The number of aromatic amines is 1. The Labute approximate surface area is 232 Å². The quantitative estimate of drug-likeness (QED) is 0.162. The van der Waals surface area contributed by atoms with E-state index in [2.05, 4.69) is 25.6 Å². The zero-order valence-electron chi connectivity index (χ0n) is 22.2. The summed E-state index contributed by atoms with van der Waals surface area (Å²) in [6, 6.07) is 7.82. The van der Waals surface area contributed by atoms with Gasteiger partial charge >= 0.3 is 5.97 Å². The van der Waals surface area contributed by atoms with Crippen molar-refractivity contribution in [2.24, 2.45) is 0 Å². The first-order valence-corrected chi connectivity index (χ1v) is 12.9. The molecule has 2 aromatic heterocycles. The second-order valence-electron chi connectivity index (χ2n) is 8.77. The molecule has 3 aromatic rings. The fourth-order valence-corrected chi connectivity index (χ4v) is 3.84. The first-order chi connectivity index (χ1) is 18.8. The summed E-state index contributed by atoms with van der Waals surface area (Å²) in [6.07, 6.45) is 4.03. The van der Waals surface area contributed by atoms with Crippen molar-refractivity contribution in [3.05, 3.63) is 64.6 Å². The van der Waals surface area contributed by atoms with Crippen LogP contribution in [-0.4, -0.2) is 78.1 Å². The third-order valence-corrected chi connectivity index (χ3v) is 6.07. The molecule has 210 valence electrons. The largest absolute Gasteiger partial charge is 0.462 e. The lowest BCUT2D eigenvalue weighted by molar-refractivity contribution is -0.149. The minimum absolute atomic E-state index is 0.128. The summed E-state index contributed by atoms with van der Waals surface area (Å²) in [5, 5.41) is 16.3. The normalized spacial score (nSPS) is 12.5. The molecule has 12 heteroatoms. The molecule has 0 aliphatic carbocycles. The lowest BCUT2D eigenvalue weighted by Crippen LogP contribution is -2.31. The monoisotopic (exact) mass is 559 g/mol. The van der Waals surface area contributed by atoms with E-state index >= 15 is 0 Å².